The number of phenolic OH excluding ortho intramolecular Hbond substituents is 1. The number of phenols is 1. The Labute approximate surface area is 212 Å². The summed E-state index contributed by atoms with van der Waals surface area (Å²) in [5, 5.41) is 16.7. The molecule has 0 fully saturated rings. The number of hydrogen-bond acceptors (Lipinski definition) is 6. The molecule has 0 aliphatic carbocycles. The van der Waals surface area contributed by atoms with E-state index in [2.05, 4.69) is 10.6 Å². The number of ether oxygens (including phenoxy) is 1. The van der Waals surface area contributed by atoms with Crippen LogP contribution in [0.15, 0.2) is 65.2 Å². The highest BCUT2D eigenvalue weighted by molar-refractivity contribution is 7.95. The highest BCUT2D eigenvalue weighted by Crippen LogP contribution is 2.48. The first-order valence-electron chi connectivity index (χ1n) is 11.6. The van der Waals surface area contributed by atoms with Crippen molar-refractivity contribution < 1.29 is 31.4 Å². The fraction of sp³-hybridized carbons (Fsp3) is 0.259. The number of allylic oxidation sites excluding steroid dienone is 1. The number of benzene rings is 3. The normalized spacial score (nSPS) is 19.6. The van der Waals surface area contributed by atoms with E-state index in [4.69, 9.17) is 4.74 Å². The van der Waals surface area contributed by atoms with Gasteiger partial charge in [-0.1, -0.05) is 26.0 Å². The molecule has 0 aromatic heterocycles. The van der Waals surface area contributed by atoms with Gasteiger partial charge in [0, 0.05) is 17.3 Å². The first kappa shape index (κ1) is 25.0. The number of aromatic hydroxyl groups is 1. The Morgan fingerprint density at radius 2 is 1.81 bits per heavy atom. The molecule has 37 heavy (non-hydrogen) atoms. The lowest BCUT2D eigenvalue weighted by Gasteiger charge is -2.34. The highest BCUT2D eigenvalue weighted by Gasteiger charge is 2.43. The Balaban J connectivity index is 1.53. The molecule has 10 heteroatoms. The second-order valence-corrected chi connectivity index (χ2v) is 12.0. The summed E-state index contributed by atoms with van der Waals surface area (Å²) in [7, 11) is -3.81. The molecule has 2 aliphatic heterocycles. The van der Waals surface area contributed by atoms with E-state index >= 15 is 4.39 Å². The van der Waals surface area contributed by atoms with E-state index in [-0.39, 0.29) is 34.3 Å². The van der Waals surface area contributed by atoms with E-state index in [1.165, 1.54) is 24.3 Å². The predicted octanol–water partition coefficient (Wildman–Crippen LogP) is 6.02. The van der Waals surface area contributed by atoms with Gasteiger partial charge < -0.3 is 20.5 Å². The van der Waals surface area contributed by atoms with Crippen LogP contribution >= 0.6 is 0 Å². The lowest BCUT2D eigenvalue weighted by molar-refractivity contribution is 0.303. The summed E-state index contributed by atoms with van der Waals surface area (Å²) >= 11 is 0. The van der Waals surface area contributed by atoms with Crippen LogP contribution in [0.4, 0.5) is 24.5 Å². The second-order valence-electron chi connectivity index (χ2n) is 10.1. The molecule has 0 saturated heterocycles. The Morgan fingerprint density at radius 1 is 1.03 bits per heavy atom. The van der Waals surface area contributed by atoms with Crippen LogP contribution in [0.5, 0.6) is 11.5 Å². The molecule has 0 amide bonds. The molecular formula is C27H25F3N2O4S. The third kappa shape index (κ3) is 4.85. The Bertz CT molecular complexity index is 1540. The van der Waals surface area contributed by atoms with Crippen molar-refractivity contribution in [3.05, 3.63) is 93.8 Å². The van der Waals surface area contributed by atoms with Gasteiger partial charge in [-0.2, -0.15) is 0 Å². The lowest BCUT2D eigenvalue weighted by Crippen LogP contribution is -2.35. The lowest BCUT2D eigenvalue weighted by atomic mass is 9.88. The van der Waals surface area contributed by atoms with Gasteiger partial charge in [-0.25, -0.2) is 21.6 Å². The van der Waals surface area contributed by atoms with Crippen LogP contribution in [0.25, 0.3) is 0 Å². The SMILES string of the molecule is CC1(C)CC2=C([C@@H](c3ccc(OCc4ccc(F)c(F)c4)cc3F)Nc3cccc(O)c3N2)S(=O)(=O)C1. The summed E-state index contributed by atoms with van der Waals surface area (Å²) in [5.41, 5.74) is 1.01. The zero-order chi connectivity index (χ0) is 26.5. The molecule has 3 aromatic carbocycles. The fourth-order valence-corrected chi connectivity index (χ4v) is 7.20. The summed E-state index contributed by atoms with van der Waals surface area (Å²) in [6.07, 6.45) is 0.380. The van der Waals surface area contributed by atoms with Gasteiger partial charge in [0.1, 0.15) is 29.6 Å². The van der Waals surface area contributed by atoms with E-state index in [1.807, 2.05) is 13.8 Å². The molecule has 2 aliphatic rings. The van der Waals surface area contributed by atoms with Crippen molar-refractivity contribution in [1.82, 2.24) is 0 Å². The first-order chi connectivity index (χ1) is 17.4. The minimum absolute atomic E-state index is 0.0248. The van der Waals surface area contributed by atoms with Gasteiger partial charge in [0.05, 0.1) is 22.4 Å². The Hall–Kier alpha value is -3.66. The molecule has 2 heterocycles. The standard InChI is InChI=1S/C27H25F3N2O4S/c1-27(2)12-22-26(37(34,35)14-27)24(31-21-4-3-5-23(33)25(21)32-22)17-8-7-16(11-19(17)29)36-13-15-6-9-18(28)20(30)10-15/h3-11,24,31-33H,12-14H2,1-2H3/t24-/m1/s1. The third-order valence-electron chi connectivity index (χ3n) is 6.42. The van der Waals surface area contributed by atoms with Crippen LogP contribution in [0, 0.1) is 22.9 Å². The molecule has 1 atom stereocenters. The van der Waals surface area contributed by atoms with E-state index in [0.29, 0.717) is 29.1 Å². The summed E-state index contributed by atoms with van der Waals surface area (Å²) < 4.78 is 74.7. The summed E-state index contributed by atoms with van der Waals surface area (Å²) in [5.74, 6) is -2.75. The molecule has 3 N–H and O–H groups in total. The van der Waals surface area contributed by atoms with Crippen molar-refractivity contribution in [3.63, 3.8) is 0 Å². The van der Waals surface area contributed by atoms with E-state index < -0.39 is 38.7 Å². The third-order valence-corrected chi connectivity index (χ3v) is 8.74. The van der Waals surface area contributed by atoms with E-state index in [0.717, 1.165) is 18.2 Å². The topological polar surface area (TPSA) is 87.7 Å². The van der Waals surface area contributed by atoms with Crippen molar-refractivity contribution in [2.24, 2.45) is 5.41 Å². The highest BCUT2D eigenvalue weighted by atomic mass is 32.2. The van der Waals surface area contributed by atoms with Gasteiger partial charge in [-0.3, -0.25) is 0 Å². The van der Waals surface area contributed by atoms with Crippen LogP contribution in [0.3, 0.4) is 0 Å². The Kier molecular flexibility index (Phi) is 6.10. The quantitative estimate of drug-likeness (QED) is 0.358. The van der Waals surface area contributed by atoms with Crippen molar-refractivity contribution in [2.75, 3.05) is 16.4 Å². The number of para-hydroxylation sites is 1. The largest absolute Gasteiger partial charge is 0.506 e. The van der Waals surface area contributed by atoms with Crippen LogP contribution in [-0.4, -0.2) is 19.3 Å². The molecule has 6 nitrogen and oxygen atoms in total. The maximum Gasteiger partial charge on any atom is 0.179 e. The van der Waals surface area contributed by atoms with Crippen LogP contribution in [-0.2, 0) is 16.4 Å². The second kappa shape index (κ2) is 9.02. The predicted molar refractivity (Wildman–Crippen MR) is 134 cm³/mol. The molecule has 0 unspecified atom stereocenters. The summed E-state index contributed by atoms with van der Waals surface area (Å²) in [6.45, 7) is 3.57. The van der Waals surface area contributed by atoms with Crippen molar-refractivity contribution in [2.45, 2.75) is 32.9 Å². The Morgan fingerprint density at radius 3 is 2.54 bits per heavy atom. The zero-order valence-corrected chi connectivity index (χ0v) is 20.9. The summed E-state index contributed by atoms with van der Waals surface area (Å²) in [4.78, 5) is 0.0248. The molecule has 0 radical (unpaired) electrons. The summed E-state index contributed by atoms with van der Waals surface area (Å²) in [6, 6.07) is 11.1. The van der Waals surface area contributed by atoms with Crippen molar-refractivity contribution >= 4 is 21.2 Å². The number of hydrogen-bond donors (Lipinski definition) is 3. The average Bonchev–Trinajstić information content (AvgIpc) is 2.96. The minimum Gasteiger partial charge on any atom is -0.506 e. The van der Waals surface area contributed by atoms with E-state index in [9.17, 15) is 22.3 Å². The first-order valence-corrected chi connectivity index (χ1v) is 13.3. The molecule has 3 aromatic rings. The average molecular weight is 531 g/mol. The number of nitrogens with one attached hydrogen (secondary N) is 2. The molecule has 0 spiro atoms. The number of halogens is 3. The van der Waals surface area contributed by atoms with E-state index in [1.54, 1.807) is 12.1 Å². The zero-order valence-electron chi connectivity index (χ0n) is 20.1. The number of fused-ring (bicyclic) bond motifs is 1. The molecule has 194 valence electrons. The molecule has 0 saturated carbocycles. The minimum atomic E-state index is -3.81. The van der Waals surface area contributed by atoms with Gasteiger partial charge in [0.2, 0.25) is 0 Å². The maximum atomic E-state index is 15.5. The molecule has 0 bridgehead atoms. The van der Waals surface area contributed by atoms with Crippen molar-refractivity contribution in [1.29, 1.82) is 0 Å². The van der Waals surface area contributed by atoms with Gasteiger partial charge >= 0.3 is 0 Å². The molecule has 5 rings (SSSR count). The number of anilines is 2. The van der Waals surface area contributed by atoms with Crippen LogP contribution in [0.2, 0.25) is 0 Å². The smallest absolute Gasteiger partial charge is 0.179 e. The fourth-order valence-electron chi connectivity index (χ4n) is 4.87. The van der Waals surface area contributed by atoms with Gasteiger partial charge in [0.15, 0.2) is 21.5 Å². The number of sulfone groups is 1. The van der Waals surface area contributed by atoms with Gasteiger partial charge in [-0.05, 0) is 53.8 Å². The monoisotopic (exact) mass is 530 g/mol. The van der Waals surface area contributed by atoms with Gasteiger partial charge in [0.25, 0.3) is 0 Å². The van der Waals surface area contributed by atoms with Crippen molar-refractivity contribution in [3.8, 4) is 11.5 Å². The number of rotatable bonds is 4. The van der Waals surface area contributed by atoms with Gasteiger partial charge in [-0.15, -0.1) is 0 Å². The molecular weight excluding hydrogens is 505 g/mol. The maximum absolute atomic E-state index is 15.5. The van der Waals surface area contributed by atoms with Crippen LogP contribution < -0.4 is 15.4 Å². The van der Waals surface area contributed by atoms with Crippen LogP contribution in [0.1, 0.15) is 37.4 Å².